The van der Waals surface area contributed by atoms with Crippen LogP contribution in [0.15, 0.2) is 12.2 Å². The lowest BCUT2D eigenvalue weighted by Gasteiger charge is -2.00. The van der Waals surface area contributed by atoms with Crippen LogP contribution in [0.5, 0.6) is 0 Å². The molecule has 0 spiro atoms. The van der Waals surface area contributed by atoms with Gasteiger partial charge in [0, 0.05) is 13.1 Å². The molecule has 0 aliphatic carbocycles. The molecule has 0 aliphatic heterocycles. The van der Waals surface area contributed by atoms with Gasteiger partial charge in [0.15, 0.2) is 0 Å². The lowest BCUT2D eigenvalue weighted by atomic mass is 10.3. The molecule has 0 saturated carbocycles. The summed E-state index contributed by atoms with van der Waals surface area (Å²) in [5.41, 5.74) is 3.58. The van der Waals surface area contributed by atoms with E-state index in [1.54, 1.807) is 0 Å². The first-order valence-corrected chi connectivity index (χ1v) is 2.56. The van der Waals surface area contributed by atoms with Crippen LogP contribution < -0.4 is 16.6 Å². The second kappa shape index (κ2) is 4.77. The molecule has 0 rings (SSSR count). The summed E-state index contributed by atoms with van der Waals surface area (Å²) < 4.78 is 0. The van der Waals surface area contributed by atoms with Gasteiger partial charge in [-0.25, -0.2) is 0 Å². The van der Waals surface area contributed by atoms with Crippen molar-refractivity contribution in [3.05, 3.63) is 12.2 Å². The maximum Gasteiger partial charge on any atom is 0.0317 e. The minimum absolute atomic E-state index is 0.681. The van der Waals surface area contributed by atoms with E-state index >= 15 is 0 Å². The highest BCUT2D eigenvalue weighted by atomic mass is 15.2. The molecule has 48 valence electrons. The van der Waals surface area contributed by atoms with E-state index in [4.69, 9.17) is 5.84 Å². The van der Waals surface area contributed by atoms with Crippen molar-refractivity contribution in [2.24, 2.45) is 5.84 Å². The number of hydrogen-bond donors (Lipinski definition) is 3. The van der Waals surface area contributed by atoms with Gasteiger partial charge in [0.25, 0.3) is 0 Å². The van der Waals surface area contributed by atoms with Gasteiger partial charge in [-0.15, -0.1) is 0 Å². The number of rotatable bonds is 4. The summed E-state index contributed by atoms with van der Waals surface area (Å²) >= 11 is 0. The highest BCUT2D eigenvalue weighted by molar-refractivity contribution is 4.97. The van der Waals surface area contributed by atoms with Crippen molar-refractivity contribution in [3.8, 4) is 0 Å². The third-order valence-electron chi connectivity index (χ3n) is 0.779. The number of hydrazine groups is 1. The van der Waals surface area contributed by atoms with Crippen LogP contribution in [-0.4, -0.2) is 20.1 Å². The molecule has 3 heteroatoms. The molecule has 0 saturated heterocycles. The molecule has 0 fully saturated rings. The van der Waals surface area contributed by atoms with Gasteiger partial charge in [0.2, 0.25) is 0 Å². The normalized spacial score (nSPS) is 9.25. The van der Waals surface area contributed by atoms with E-state index in [9.17, 15) is 0 Å². The van der Waals surface area contributed by atoms with Crippen LogP contribution in [0.1, 0.15) is 0 Å². The van der Waals surface area contributed by atoms with E-state index in [-0.39, 0.29) is 0 Å². The first kappa shape index (κ1) is 7.62. The fourth-order valence-corrected chi connectivity index (χ4v) is 0.457. The predicted molar refractivity (Wildman–Crippen MR) is 35.3 cm³/mol. The van der Waals surface area contributed by atoms with Crippen molar-refractivity contribution >= 4 is 0 Å². The Hall–Kier alpha value is -0.380. The zero-order valence-electron chi connectivity index (χ0n) is 5.20. The van der Waals surface area contributed by atoms with Crippen LogP contribution in [0.3, 0.4) is 0 Å². The summed E-state index contributed by atoms with van der Waals surface area (Å²) in [6, 6.07) is 0. The molecule has 0 aromatic heterocycles. The Bertz CT molecular complexity index is 62.1. The van der Waals surface area contributed by atoms with E-state index in [0.717, 1.165) is 12.1 Å². The Morgan fingerprint density at radius 3 is 2.62 bits per heavy atom. The van der Waals surface area contributed by atoms with Crippen LogP contribution in [-0.2, 0) is 0 Å². The van der Waals surface area contributed by atoms with E-state index in [1.165, 1.54) is 0 Å². The van der Waals surface area contributed by atoms with E-state index < -0.39 is 0 Å². The Morgan fingerprint density at radius 1 is 1.62 bits per heavy atom. The summed E-state index contributed by atoms with van der Waals surface area (Å²) in [4.78, 5) is 0. The van der Waals surface area contributed by atoms with Gasteiger partial charge in [-0.3, -0.25) is 11.3 Å². The summed E-state index contributed by atoms with van der Waals surface area (Å²) in [5.74, 6) is 5.02. The van der Waals surface area contributed by atoms with E-state index in [0.29, 0.717) is 6.54 Å². The Kier molecular flexibility index (Phi) is 4.54. The van der Waals surface area contributed by atoms with Gasteiger partial charge in [-0.05, 0) is 12.6 Å². The number of nitrogens with two attached hydrogens (primary N) is 1. The zero-order chi connectivity index (χ0) is 6.41. The van der Waals surface area contributed by atoms with Gasteiger partial charge in [0.1, 0.15) is 0 Å². The minimum atomic E-state index is 0.681. The molecule has 0 aromatic rings. The third-order valence-corrected chi connectivity index (χ3v) is 0.779. The molecular formula is C5H13N3. The minimum Gasteiger partial charge on any atom is -0.316 e. The average Bonchev–Trinajstić information content (AvgIpc) is 1.68. The molecule has 0 amide bonds. The number of nitrogens with one attached hydrogen (secondary N) is 2. The largest absolute Gasteiger partial charge is 0.316 e. The first-order valence-electron chi connectivity index (χ1n) is 2.56. The molecule has 0 heterocycles. The van der Waals surface area contributed by atoms with E-state index in [2.05, 4.69) is 17.3 Å². The van der Waals surface area contributed by atoms with Gasteiger partial charge in [-0.1, -0.05) is 6.58 Å². The van der Waals surface area contributed by atoms with Gasteiger partial charge in [0.05, 0.1) is 0 Å². The van der Waals surface area contributed by atoms with Gasteiger partial charge >= 0.3 is 0 Å². The topological polar surface area (TPSA) is 50.1 Å². The molecule has 0 radical (unpaired) electrons. The highest BCUT2D eigenvalue weighted by Crippen LogP contribution is 1.79. The van der Waals surface area contributed by atoms with Crippen molar-refractivity contribution in [1.82, 2.24) is 10.7 Å². The van der Waals surface area contributed by atoms with Crippen molar-refractivity contribution in [2.45, 2.75) is 0 Å². The SMILES string of the molecule is C=C(CNC)CNN. The number of likely N-dealkylation sites (N-methyl/N-ethyl adjacent to an activating group) is 1. The summed E-state index contributed by atoms with van der Waals surface area (Å²) in [6.45, 7) is 5.23. The zero-order valence-corrected chi connectivity index (χ0v) is 5.20. The molecular weight excluding hydrogens is 102 g/mol. The van der Waals surface area contributed by atoms with Crippen LogP contribution in [0.25, 0.3) is 0 Å². The summed E-state index contributed by atoms with van der Waals surface area (Å²) in [6.07, 6.45) is 0. The highest BCUT2D eigenvalue weighted by Gasteiger charge is 1.86. The summed E-state index contributed by atoms with van der Waals surface area (Å²) in [5, 5.41) is 2.96. The second-order valence-corrected chi connectivity index (χ2v) is 1.66. The molecule has 8 heavy (non-hydrogen) atoms. The fourth-order valence-electron chi connectivity index (χ4n) is 0.457. The maximum atomic E-state index is 5.02. The first-order chi connectivity index (χ1) is 3.81. The van der Waals surface area contributed by atoms with Crippen molar-refractivity contribution in [3.63, 3.8) is 0 Å². The Morgan fingerprint density at radius 2 is 2.25 bits per heavy atom. The van der Waals surface area contributed by atoms with Crippen LogP contribution in [0, 0.1) is 0 Å². The molecule has 0 atom stereocenters. The lowest BCUT2D eigenvalue weighted by molar-refractivity contribution is 0.755. The fraction of sp³-hybridized carbons (Fsp3) is 0.600. The molecule has 3 nitrogen and oxygen atoms in total. The summed E-state index contributed by atoms with van der Waals surface area (Å²) in [7, 11) is 1.88. The monoisotopic (exact) mass is 115 g/mol. The lowest BCUT2D eigenvalue weighted by Crippen LogP contribution is -2.27. The third kappa shape index (κ3) is 3.80. The second-order valence-electron chi connectivity index (χ2n) is 1.66. The molecule has 0 unspecified atom stereocenters. The molecule has 4 N–H and O–H groups in total. The van der Waals surface area contributed by atoms with Crippen molar-refractivity contribution < 1.29 is 0 Å². The van der Waals surface area contributed by atoms with Crippen LogP contribution in [0.4, 0.5) is 0 Å². The molecule has 0 aromatic carbocycles. The van der Waals surface area contributed by atoms with Crippen molar-refractivity contribution in [1.29, 1.82) is 0 Å². The standard InChI is InChI=1S/C5H13N3/c1-5(3-7-2)4-8-6/h7-8H,1,3-4,6H2,2H3. The van der Waals surface area contributed by atoms with Crippen LogP contribution in [0.2, 0.25) is 0 Å². The Balaban J connectivity index is 3.06. The van der Waals surface area contributed by atoms with Crippen LogP contribution >= 0.6 is 0 Å². The van der Waals surface area contributed by atoms with Gasteiger partial charge in [-0.2, -0.15) is 0 Å². The van der Waals surface area contributed by atoms with Crippen molar-refractivity contribution in [2.75, 3.05) is 20.1 Å². The van der Waals surface area contributed by atoms with Gasteiger partial charge < -0.3 is 5.32 Å². The smallest absolute Gasteiger partial charge is 0.0317 e. The predicted octanol–water partition coefficient (Wildman–Crippen LogP) is -0.775. The maximum absolute atomic E-state index is 5.02. The molecule has 0 bridgehead atoms. The average molecular weight is 115 g/mol. The number of hydrogen-bond acceptors (Lipinski definition) is 3. The Labute approximate surface area is 49.9 Å². The van der Waals surface area contributed by atoms with E-state index in [1.807, 2.05) is 7.05 Å². The quantitative estimate of drug-likeness (QED) is 0.256. The molecule has 0 aliphatic rings.